The van der Waals surface area contributed by atoms with E-state index in [-0.39, 0.29) is 32.1 Å². The molecule has 1 saturated heterocycles. The summed E-state index contributed by atoms with van der Waals surface area (Å²) in [5.41, 5.74) is -0.740. The lowest BCUT2D eigenvalue weighted by molar-refractivity contribution is -0.140. The summed E-state index contributed by atoms with van der Waals surface area (Å²) in [5, 5.41) is 14.8. The first-order valence-corrected chi connectivity index (χ1v) is 15.3. The second-order valence-electron chi connectivity index (χ2n) is 11.2. The van der Waals surface area contributed by atoms with Crippen molar-refractivity contribution in [2.45, 2.75) is 109 Å². The van der Waals surface area contributed by atoms with E-state index in [1.807, 2.05) is 12.2 Å². The van der Waals surface area contributed by atoms with Gasteiger partial charge in [0.25, 0.3) is 0 Å². The second kappa shape index (κ2) is 12.5. The fraction of sp³-hybridized carbons (Fsp3) is 0.808. The maximum absolute atomic E-state index is 13.9. The van der Waals surface area contributed by atoms with Crippen LogP contribution in [0.4, 0.5) is 4.79 Å². The topological polar surface area (TPSA) is 144 Å². The zero-order valence-electron chi connectivity index (χ0n) is 23.2. The molecule has 11 nitrogen and oxygen atoms in total. The van der Waals surface area contributed by atoms with Gasteiger partial charge in [0.1, 0.15) is 23.0 Å². The van der Waals surface area contributed by atoms with Crippen LogP contribution in [0.25, 0.3) is 0 Å². The van der Waals surface area contributed by atoms with Crippen LogP contribution in [-0.4, -0.2) is 76.7 Å². The average molecular weight is 558 g/mol. The molecule has 1 aliphatic carbocycles. The van der Waals surface area contributed by atoms with Crippen LogP contribution in [0.15, 0.2) is 12.2 Å². The zero-order chi connectivity index (χ0) is 28.1. The predicted octanol–water partition coefficient (Wildman–Crippen LogP) is 3.46. The molecule has 0 unspecified atom stereocenters. The Labute approximate surface area is 225 Å². The number of nitrogens with one attached hydrogen (secondary N) is 2. The number of aliphatic hydroxyl groups is 1. The third-order valence-electron chi connectivity index (χ3n) is 7.00. The van der Waals surface area contributed by atoms with Gasteiger partial charge in [0, 0.05) is 18.9 Å². The minimum absolute atomic E-state index is 0.0287. The van der Waals surface area contributed by atoms with Gasteiger partial charge in [-0.2, -0.15) is 0 Å². The first-order valence-electron chi connectivity index (χ1n) is 13.7. The summed E-state index contributed by atoms with van der Waals surface area (Å²) in [5.74, 6) is -1.23. The highest BCUT2D eigenvalue weighted by Crippen LogP contribution is 2.73. The Morgan fingerprint density at radius 2 is 1.89 bits per heavy atom. The molecule has 1 saturated carbocycles. The Kier molecular flexibility index (Phi) is 10.1. The molecule has 12 heteroatoms. The highest BCUT2D eigenvalue weighted by molar-refractivity contribution is 7.56. The highest BCUT2D eigenvalue weighted by Gasteiger charge is 2.68. The van der Waals surface area contributed by atoms with Crippen molar-refractivity contribution in [3.63, 3.8) is 0 Å². The van der Waals surface area contributed by atoms with Gasteiger partial charge in [0.2, 0.25) is 11.8 Å². The smallest absolute Gasteiger partial charge is 0.408 e. The number of hydrogen-bond donors (Lipinski definition) is 3. The monoisotopic (exact) mass is 557 g/mol. The van der Waals surface area contributed by atoms with E-state index in [0.29, 0.717) is 19.3 Å². The maximum atomic E-state index is 13.9. The lowest BCUT2D eigenvalue weighted by atomic mass is 10.0. The number of ether oxygens (including phenoxy) is 1. The maximum Gasteiger partial charge on any atom is 0.408 e. The Morgan fingerprint density at radius 1 is 1.21 bits per heavy atom. The summed E-state index contributed by atoms with van der Waals surface area (Å²) in [6.07, 6.45) is 6.32. The number of allylic oxidation sites excluding steroid dienone is 1. The molecular weight excluding hydrogens is 513 g/mol. The van der Waals surface area contributed by atoms with Gasteiger partial charge >= 0.3 is 13.7 Å². The molecule has 0 aromatic rings. The zero-order valence-corrected chi connectivity index (χ0v) is 24.1. The molecule has 5 atom stereocenters. The second-order valence-corrected chi connectivity index (χ2v) is 13.5. The third kappa shape index (κ3) is 7.17. The van der Waals surface area contributed by atoms with Crippen LogP contribution in [-0.2, 0) is 27.9 Å². The van der Waals surface area contributed by atoms with Crippen molar-refractivity contribution in [1.29, 1.82) is 0 Å². The molecule has 2 heterocycles. The molecule has 0 bridgehead atoms. The fourth-order valence-corrected chi connectivity index (χ4v) is 7.57. The Morgan fingerprint density at radius 3 is 2.53 bits per heavy atom. The SMILES string of the molecule is CCOP(=O)(OCC)[C@@]12C[C@@H]1/C=C\CCCCC[C@H](NC(=O)OC(C)(C)C)C(=O)N1C[C@H](O)C[C@H]1C(=O)N2. The van der Waals surface area contributed by atoms with E-state index in [4.69, 9.17) is 13.8 Å². The first kappa shape index (κ1) is 30.6. The van der Waals surface area contributed by atoms with Crippen LogP contribution in [0.3, 0.4) is 0 Å². The van der Waals surface area contributed by atoms with Crippen molar-refractivity contribution >= 4 is 25.5 Å². The number of hydrogen-bond acceptors (Lipinski definition) is 8. The molecule has 38 heavy (non-hydrogen) atoms. The Hall–Kier alpha value is -1.94. The van der Waals surface area contributed by atoms with E-state index in [1.165, 1.54) is 4.90 Å². The standard InChI is InChI=1S/C26H44N3O8P/c1-6-35-38(34,36-7-2)26-16-18(26)13-11-9-8-10-12-14-20(27-24(33)37-25(3,4)5)23(32)29-17-19(30)15-21(29)22(31)28-26/h11,13,18-21,30H,6-10,12,14-17H2,1-5H3,(H,27,33)(H,28,31)/b13-11-/t18-,19+,20-,21-,26-/m0/s1. The molecule has 3 amide bonds. The molecule has 216 valence electrons. The van der Waals surface area contributed by atoms with Crippen molar-refractivity contribution < 1.29 is 37.8 Å². The minimum atomic E-state index is -3.74. The van der Waals surface area contributed by atoms with Gasteiger partial charge in [0.05, 0.1) is 19.3 Å². The highest BCUT2D eigenvalue weighted by atomic mass is 31.2. The van der Waals surface area contributed by atoms with Crippen molar-refractivity contribution in [2.75, 3.05) is 19.8 Å². The molecule has 0 radical (unpaired) electrons. The van der Waals surface area contributed by atoms with Crippen LogP contribution >= 0.6 is 7.60 Å². The van der Waals surface area contributed by atoms with Gasteiger partial charge in [-0.3, -0.25) is 14.2 Å². The van der Waals surface area contributed by atoms with Crippen LogP contribution in [0.2, 0.25) is 0 Å². The fourth-order valence-electron chi connectivity index (χ4n) is 5.20. The van der Waals surface area contributed by atoms with Crippen molar-refractivity contribution in [3.05, 3.63) is 12.2 Å². The minimum Gasteiger partial charge on any atom is -0.444 e. The van der Waals surface area contributed by atoms with Gasteiger partial charge < -0.3 is 34.4 Å². The number of aliphatic hydroxyl groups excluding tert-OH is 1. The molecule has 3 N–H and O–H groups in total. The van der Waals surface area contributed by atoms with Gasteiger partial charge in [-0.05, 0) is 60.3 Å². The lowest BCUT2D eigenvalue weighted by Crippen LogP contribution is -2.55. The molecule has 3 rings (SSSR count). The van der Waals surface area contributed by atoms with Crippen LogP contribution < -0.4 is 10.6 Å². The summed E-state index contributed by atoms with van der Waals surface area (Å²) in [4.78, 5) is 41.2. The van der Waals surface area contributed by atoms with Gasteiger partial charge in [0.15, 0.2) is 0 Å². The van der Waals surface area contributed by atoms with Gasteiger partial charge in [-0.1, -0.05) is 25.0 Å². The van der Waals surface area contributed by atoms with Crippen LogP contribution in [0, 0.1) is 5.92 Å². The van der Waals surface area contributed by atoms with E-state index < -0.39 is 54.6 Å². The Balaban J connectivity index is 1.91. The van der Waals surface area contributed by atoms with Crippen LogP contribution in [0.5, 0.6) is 0 Å². The van der Waals surface area contributed by atoms with Gasteiger partial charge in [-0.15, -0.1) is 0 Å². The number of carbonyl (C=O) groups excluding carboxylic acids is 3. The van der Waals surface area contributed by atoms with E-state index in [0.717, 1.165) is 19.3 Å². The van der Waals surface area contributed by atoms with Crippen molar-refractivity contribution in [3.8, 4) is 0 Å². The average Bonchev–Trinajstić information content (AvgIpc) is 3.37. The van der Waals surface area contributed by atoms with Crippen molar-refractivity contribution in [1.82, 2.24) is 15.5 Å². The molecular formula is C26H44N3O8P. The summed E-state index contributed by atoms with van der Waals surface area (Å²) in [7, 11) is -3.74. The molecule has 2 aliphatic heterocycles. The summed E-state index contributed by atoms with van der Waals surface area (Å²) in [6, 6.07) is -1.91. The largest absolute Gasteiger partial charge is 0.444 e. The third-order valence-corrected chi connectivity index (χ3v) is 9.80. The number of nitrogens with zero attached hydrogens (tertiary/aromatic N) is 1. The molecule has 0 aromatic heterocycles. The molecule has 0 spiro atoms. The number of fused-ring (bicyclic) bond motifs is 2. The van der Waals surface area contributed by atoms with E-state index in [2.05, 4.69) is 10.6 Å². The van der Waals surface area contributed by atoms with E-state index >= 15 is 0 Å². The van der Waals surface area contributed by atoms with E-state index in [1.54, 1.807) is 34.6 Å². The molecule has 0 aromatic carbocycles. The van der Waals surface area contributed by atoms with E-state index in [9.17, 15) is 24.1 Å². The van der Waals surface area contributed by atoms with Gasteiger partial charge in [-0.25, -0.2) is 4.79 Å². The molecule has 3 aliphatic rings. The first-order chi connectivity index (χ1) is 17.9. The normalized spacial score (nSPS) is 31.8. The summed E-state index contributed by atoms with van der Waals surface area (Å²) >= 11 is 0. The summed E-state index contributed by atoms with van der Waals surface area (Å²) in [6.45, 7) is 8.89. The van der Waals surface area contributed by atoms with Crippen molar-refractivity contribution in [2.24, 2.45) is 5.92 Å². The quantitative estimate of drug-likeness (QED) is 0.333. The lowest BCUT2D eigenvalue weighted by Gasteiger charge is -2.32. The number of alkyl carbamates (subject to hydrolysis) is 1. The number of rotatable bonds is 6. The number of carbonyl (C=O) groups is 3. The van der Waals surface area contributed by atoms with Crippen LogP contribution in [0.1, 0.15) is 79.6 Å². The molecule has 2 fully saturated rings. The number of amides is 3. The Bertz CT molecular complexity index is 941. The summed E-state index contributed by atoms with van der Waals surface area (Å²) < 4.78 is 30.5. The predicted molar refractivity (Wildman–Crippen MR) is 141 cm³/mol.